The van der Waals surface area contributed by atoms with E-state index in [2.05, 4.69) is 16.8 Å². The highest BCUT2D eigenvalue weighted by atomic mass is 16.3. The Morgan fingerprint density at radius 3 is 2.52 bits per heavy atom. The molecule has 142 valence electrons. The van der Waals surface area contributed by atoms with Gasteiger partial charge in [0.15, 0.2) is 0 Å². The van der Waals surface area contributed by atoms with E-state index >= 15 is 0 Å². The van der Waals surface area contributed by atoms with Gasteiger partial charge in [-0.05, 0) is 61.7 Å². The van der Waals surface area contributed by atoms with Gasteiger partial charge in [-0.1, -0.05) is 36.4 Å². The third-order valence-corrected chi connectivity index (χ3v) is 6.21. The summed E-state index contributed by atoms with van der Waals surface area (Å²) in [7, 11) is 2.18. The van der Waals surface area contributed by atoms with E-state index in [9.17, 15) is 9.90 Å². The molecule has 27 heavy (non-hydrogen) atoms. The van der Waals surface area contributed by atoms with E-state index < -0.39 is 0 Å². The fourth-order valence-electron chi connectivity index (χ4n) is 4.79. The Bertz CT molecular complexity index is 813. The van der Waals surface area contributed by atoms with Gasteiger partial charge < -0.3 is 14.9 Å². The number of carbonyl (C=O) groups excluding carboxylic acids is 1. The monoisotopic (exact) mass is 364 g/mol. The van der Waals surface area contributed by atoms with Crippen LogP contribution in [-0.4, -0.2) is 54.0 Å². The molecule has 0 unspecified atom stereocenters. The smallest absolute Gasteiger partial charge is 0.253 e. The van der Waals surface area contributed by atoms with E-state index in [-0.39, 0.29) is 12.5 Å². The van der Waals surface area contributed by atoms with Crippen LogP contribution >= 0.6 is 0 Å². The number of aliphatic hydroxyl groups excluding tert-OH is 1. The van der Waals surface area contributed by atoms with Crippen LogP contribution in [0.5, 0.6) is 0 Å². The molecule has 4 nitrogen and oxygen atoms in total. The number of nitrogens with zero attached hydrogens (tertiary/aromatic N) is 2. The first-order valence-electron chi connectivity index (χ1n) is 9.87. The van der Waals surface area contributed by atoms with E-state index in [1.165, 1.54) is 12.8 Å². The van der Waals surface area contributed by atoms with Gasteiger partial charge in [0.1, 0.15) is 0 Å². The van der Waals surface area contributed by atoms with Crippen LogP contribution in [0.3, 0.4) is 0 Å². The molecule has 1 spiro atoms. The lowest BCUT2D eigenvalue weighted by atomic mass is 9.79. The number of hydrogen-bond acceptors (Lipinski definition) is 3. The van der Waals surface area contributed by atoms with Crippen LogP contribution in [0.4, 0.5) is 0 Å². The lowest BCUT2D eigenvalue weighted by Crippen LogP contribution is -2.47. The summed E-state index contributed by atoms with van der Waals surface area (Å²) in [6.07, 6.45) is 3.53. The maximum atomic E-state index is 13.1. The van der Waals surface area contributed by atoms with Gasteiger partial charge in [-0.25, -0.2) is 0 Å². The molecule has 4 rings (SSSR count). The van der Waals surface area contributed by atoms with Gasteiger partial charge in [-0.3, -0.25) is 4.79 Å². The largest absolute Gasteiger partial charge is 0.392 e. The molecule has 0 bridgehead atoms. The molecule has 2 aliphatic heterocycles. The fraction of sp³-hybridized carbons (Fsp3) is 0.435. The number of carbonyl (C=O) groups is 1. The second-order valence-electron chi connectivity index (χ2n) is 8.21. The zero-order chi connectivity index (χ0) is 18.9. The second-order valence-corrected chi connectivity index (χ2v) is 8.21. The average Bonchev–Trinajstić information content (AvgIpc) is 3.07. The molecule has 0 aromatic heterocycles. The van der Waals surface area contributed by atoms with Crippen LogP contribution in [0.15, 0.2) is 48.5 Å². The lowest BCUT2D eigenvalue weighted by Gasteiger charge is -2.40. The summed E-state index contributed by atoms with van der Waals surface area (Å²) in [5.41, 5.74) is 4.00. The van der Waals surface area contributed by atoms with Crippen LogP contribution in [-0.2, 0) is 6.61 Å². The van der Waals surface area contributed by atoms with Crippen molar-refractivity contribution in [3.8, 4) is 11.1 Å². The number of benzene rings is 2. The van der Waals surface area contributed by atoms with Crippen molar-refractivity contribution < 1.29 is 9.90 Å². The predicted molar refractivity (Wildman–Crippen MR) is 107 cm³/mol. The van der Waals surface area contributed by atoms with Crippen molar-refractivity contribution in [2.24, 2.45) is 5.41 Å². The Morgan fingerprint density at radius 2 is 1.81 bits per heavy atom. The highest BCUT2D eigenvalue weighted by Gasteiger charge is 2.41. The van der Waals surface area contributed by atoms with Gasteiger partial charge in [0.05, 0.1) is 6.61 Å². The van der Waals surface area contributed by atoms with Crippen molar-refractivity contribution in [3.05, 3.63) is 59.7 Å². The normalized spacial score (nSPS) is 23.1. The summed E-state index contributed by atoms with van der Waals surface area (Å²) in [6, 6.07) is 15.7. The molecule has 2 aliphatic rings. The number of aliphatic hydroxyl groups is 1. The molecule has 0 saturated carbocycles. The molecule has 1 N–H and O–H groups in total. The van der Waals surface area contributed by atoms with E-state index in [0.717, 1.165) is 54.9 Å². The molecule has 2 aromatic carbocycles. The molecule has 1 amide bonds. The SMILES string of the molecule is CN1CC[C@]2(CCCN(C(=O)c3ccc(-c4ccccc4CO)cc3)C2)C1. The summed E-state index contributed by atoms with van der Waals surface area (Å²) in [5.74, 6) is 0.144. The lowest BCUT2D eigenvalue weighted by molar-refractivity contribution is 0.0534. The Kier molecular flexibility index (Phi) is 5.02. The fourth-order valence-corrected chi connectivity index (χ4v) is 4.79. The van der Waals surface area contributed by atoms with Gasteiger partial charge in [0.25, 0.3) is 5.91 Å². The number of amides is 1. The predicted octanol–water partition coefficient (Wildman–Crippen LogP) is 3.40. The highest BCUT2D eigenvalue weighted by Crippen LogP contribution is 2.38. The summed E-state index contributed by atoms with van der Waals surface area (Å²) < 4.78 is 0. The first-order valence-corrected chi connectivity index (χ1v) is 9.87. The molecule has 2 heterocycles. The minimum atomic E-state index is 0.0150. The Morgan fingerprint density at radius 1 is 1.04 bits per heavy atom. The third-order valence-electron chi connectivity index (χ3n) is 6.21. The van der Waals surface area contributed by atoms with Crippen LogP contribution < -0.4 is 0 Å². The van der Waals surface area contributed by atoms with E-state index in [0.29, 0.717) is 5.41 Å². The van der Waals surface area contributed by atoms with E-state index in [1.54, 1.807) is 0 Å². The minimum absolute atomic E-state index is 0.0150. The number of hydrogen-bond donors (Lipinski definition) is 1. The van der Waals surface area contributed by atoms with Gasteiger partial charge in [-0.2, -0.15) is 0 Å². The van der Waals surface area contributed by atoms with Gasteiger partial charge in [0, 0.05) is 30.6 Å². The molecular formula is C23H28N2O2. The van der Waals surface area contributed by atoms with Crippen LogP contribution in [0.2, 0.25) is 0 Å². The number of rotatable bonds is 3. The maximum absolute atomic E-state index is 13.1. The second kappa shape index (κ2) is 7.45. The van der Waals surface area contributed by atoms with Gasteiger partial charge in [-0.15, -0.1) is 0 Å². The van der Waals surface area contributed by atoms with Crippen LogP contribution in [0.1, 0.15) is 35.2 Å². The molecule has 2 saturated heterocycles. The van der Waals surface area contributed by atoms with Crippen LogP contribution in [0, 0.1) is 5.41 Å². The number of piperidine rings is 1. The minimum Gasteiger partial charge on any atom is -0.392 e. The summed E-state index contributed by atoms with van der Waals surface area (Å²) in [4.78, 5) is 17.5. The summed E-state index contributed by atoms with van der Waals surface area (Å²) in [6.45, 7) is 4.00. The molecule has 4 heteroatoms. The van der Waals surface area contributed by atoms with Crippen LogP contribution in [0.25, 0.3) is 11.1 Å². The average molecular weight is 364 g/mol. The summed E-state index contributed by atoms with van der Waals surface area (Å²) in [5, 5.41) is 9.55. The van der Waals surface area contributed by atoms with Crippen molar-refractivity contribution in [3.63, 3.8) is 0 Å². The molecule has 0 aliphatic carbocycles. The van der Waals surface area contributed by atoms with Gasteiger partial charge in [0.2, 0.25) is 0 Å². The van der Waals surface area contributed by atoms with Gasteiger partial charge >= 0.3 is 0 Å². The topological polar surface area (TPSA) is 43.8 Å². The van der Waals surface area contributed by atoms with E-state index in [1.807, 2.05) is 48.5 Å². The zero-order valence-electron chi connectivity index (χ0n) is 16.0. The van der Waals surface area contributed by atoms with E-state index in [4.69, 9.17) is 0 Å². The first-order chi connectivity index (χ1) is 13.1. The zero-order valence-corrected chi connectivity index (χ0v) is 16.0. The standard InChI is InChI=1S/C23H28N2O2/c1-24-14-12-23(16-24)11-4-13-25(17-23)22(27)19-9-7-18(8-10-19)21-6-3-2-5-20(21)15-26/h2-3,5-10,26H,4,11-17H2,1H3/t23-/m1/s1. The molecule has 1 atom stereocenters. The molecular weight excluding hydrogens is 336 g/mol. The van der Waals surface area contributed by atoms with Crippen molar-refractivity contribution in [2.45, 2.75) is 25.9 Å². The molecule has 0 radical (unpaired) electrons. The highest BCUT2D eigenvalue weighted by molar-refractivity contribution is 5.95. The first kappa shape index (κ1) is 18.2. The Labute approximate surface area is 161 Å². The Balaban J connectivity index is 1.51. The van der Waals surface area contributed by atoms with Crippen molar-refractivity contribution in [2.75, 3.05) is 33.2 Å². The van der Waals surface area contributed by atoms with Crippen molar-refractivity contribution >= 4 is 5.91 Å². The van der Waals surface area contributed by atoms with Crippen molar-refractivity contribution in [1.82, 2.24) is 9.80 Å². The summed E-state index contributed by atoms with van der Waals surface area (Å²) >= 11 is 0. The van der Waals surface area contributed by atoms with Crippen molar-refractivity contribution in [1.29, 1.82) is 0 Å². The molecule has 2 aromatic rings. The Hall–Kier alpha value is -2.17. The number of likely N-dealkylation sites (tertiary alicyclic amines) is 2. The third kappa shape index (κ3) is 3.64. The quantitative estimate of drug-likeness (QED) is 0.908. The maximum Gasteiger partial charge on any atom is 0.253 e. The molecule has 2 fully saturated rings.